The molecule has 240 valence electrons. The molecule has 16 heteroatoms. The number of furan rings is 2. The highest BCUT2D eigenvalue weighted by Crippen LogP contribution is 2.19. The molecule has 0 bridgehead atoms. The average Bonchev–Trinajstić information content (AvgIpc) is 3.57. The number of hydrogen-bond acceptors (Lipinski definition) is 14. The Labute approximate surface area is 261 Å². The van der Waals surface area contributed by atoms with Crippen LogP contribution in [0, 0.1) is 20.2 Å². The third-order valence-corrected chi connectivity index (χ3v) is 7.78. The van der Waals surface area contributed by atoms with Crippen LogP contribution in [-0.2, 0) is 24.6 Å². The first kappa shape index (κ1) is 35.9. The van der Waals surface area contributed by atoms with Crippen molar-refractivity contribution in [3.05, 3.63) is 90.6 Å². The number of nitrogens with one attached hydrogen (secondary N) is 4. The first-order chi connectivity index (χ1) is 20.5. The second kappa shape index (κ2) is 19.0. The van der Waals surface area contributed by atoms with Crippen molar-refractivity contribution in [1.82, 2.24) is 31.1 Å². The van der Waals surface area contributed by atoms with Gasteiger partial charge in [-0.05, 0) is 52.5 Å². The minimum Gasteiger partial charge on any atom is -0.464 e. The van der Waals surface area contributed by atoms with Gasteiger partial charge in [0, 0.05) is 38.7 Å². The van der Waals surface area contributed by atoms with E-state index in [2.05, 4.69) is 21.3 Å². The quantitative estimate of drug-likeness (QED) is 0.0842. The lowest BCUT2D eigenvalue weighted by atomic mass is 10.2. The number of hydrogen-bond donors (Lipinski definition) is 4. The van der Waals surface area contributed by atoms with E-state index in [9.17, 15) is 20.2 Å². The maximum absolute atomic E-state index is 12.0. The van der Waals surface area contributed by atoms with Crippen molar-refractivity contribution >= 4 is 23.5 Å². The van der Waals surface area contributed by atoms with Gasteiger partial charge in [-0.1, -0.05) is 0 Å². The molecular formula is C27H44N8O6S2. The van der Waals surface area contributed by atoms with Crippen molar-refractivity contribution in [2.75, 3.05) is 66.9 Å². The summed E-state index contributed by atoms with van der Waals surface area (Å²) >= 11 is 3.23. The summed E-state index contributed by atoms with van der Waals surface area (Å²) in [4.78, 5) is 26.8. The molecule has 4 N–H and O–H groups in total. The fourth-order valence-corrected chi connectivity index (χ4v) is 5.45. The van der Waals surface area contributed by atoms with E-state index in [-0.39, 0.29) is 23.0 Å². The highest BCUT2D eigenvalue weighted by atomic mass is 32.2. The monoisotopic (exact) mass is 640 g/mol. The molecule has 14 nitrogen and oxygen atoms in total. The number of rotatable bonds is 22. The summed E-state index contributed by atoms with van der Waals surface area (Å²) in [6.07, 6.45) is -0.491. The van der Waals surface area contributed by atoms with E-state index in [1.54, 1.807) is 37.6 Å². The van der Waals surface area contributed by atoms with Crippen LogP contribution in [0.4, 0.5) is 0 Å². The molecular weight excluding hydrogens is 596 g/mol. The van der Waals surface area contributed by atoms with Gasteiger partial charge in [0.1, 0.15) is 29.5 Å². The molecule has 43 heavy (non-hydrogen) atoms. The SMILES string of the molecule is CN/C(NCCSCc1ccc(CN(C)C)o1)=C(/C/C(=C(/NC)NCCSCc1ccc(CN(C)C)o1)[N+](=O)[O-])[N+](=O)[O-]. The molecule has 2 rings (SSSR count). The van der Waals surface area contributed by atoms with Gasteiger partial charge in [0.25, 0.3) is 11.4 Å². The molecule has 0 fully saturated rings. The zero-order valence-electron chi connectivity index (χ0n) is 25.7. The highest BCUT2D eigenvalue weighted by molar-refractivity contribution is 7.98. The summed E-state index contributed by atoms with van der Waals surface area (Å²) in [6.45, 7) is 2.28. The van der Waals surface area contributed by atoms with Crippen molar-refractivity contribution in [3.8, 4) is 0 Å². The molecule has 0 aliphatic rings. The van der Waals surface area contributed by atoms with Gasteiger partial charge in [-0.2, -0.15) is 23.5 Å². The second-order valence-corrected chi connectivity index (χ2v) is 12.2. The van der Waals surface area contributed by atoms with Crippen LogP contribution < -0.4 is 21.3 Å². The van der Waals surface area contributed by atoms with Gasteiger partial charge in [0.2, 0.25) is 0 Å². The maximum Gasteiger partial charge on any atom is 0.296 e. The number of nitrogens with zero attached hydrogens (tertiary/aromatic N) is 4. The zero-order chi connectivity index (χ0) is 31.8. The van der Waals surface area contributed by atoms with E-state index in [0.717, 1.165) is 36.1 Å². The Morgan fingerprint density at radius 2 is 1.09 bits per heavy atom. The molecule has 0 aliphatic carbocycles. The number of thioether (sulfide) groups is 2. The summed E-state index contributed by atoms with van der Waals surface area (Å²) in [5.74, 6) is 6.39. The topological polar surface area (TPSA) is 167 Å². The van der Waals surface area contributed by atoms with Crippen molar-refractivity contribution in [2.45, 2.75) is 31.0 Å². The van der Waals surface area contributed by atoms with Gasteiger partial charge >= 0.3 is 0 Å². The molecule has 0 spiro atoms. The molecule has 0 atom stereocenters. The van der Waals surface area contributed by atoms with E-state index < -0.39 is 16.3 Å². The largest absolute Gasteiger partial charge is 0.464 e. The van der Waals surface area contributed by atoms with Crippen molar-refractivity contribution in [3.63, 3.8) is 0 Å². The molecule has 0 saturated carbocycles. The fraction of sp³-hybridized carbons (Fsp3) is 0.556. The van der Waals surface area contributed by atoms with Gasteiger partial charge in [-0.15, -0.1) is 0 Å². The van der Waals surface area contributed by atoms with E-state index in [1.165, 1.54) is 0 Å². The van der Waals surface area contributed by atoms with Crippen LogP contribution in [-0.4, -0.2) is 86.5 Å². The molecule has 0 aromatic carbocycles. The predicted octanol–water partition coefficient (Wildman–Crippen LogP) is 3.06. The molecule has 0 aliphatic heterocycles. The lowest BCUT2D eigenvalue weighted by molar-refractivity contribution is -0.452. The molecule has 0 saturated heterocycles. The van der Waals surface area contributed by atoms with E-state index in [4.69, 9.17) is 8.83 Å². The Kier molecular flexibility index (Phi) is 15.9. The Morgan fingerprint density at radius 3 is 1.42 bits per heavy atom. The third kappa shape index (κ3) is 13.2. The van der Waals surface area contributed by atoms with E-state index in [1.807, 2.05) is 62.3 Å². The Bertz CT molecular complexity index is 1140. The van der Waals surface area contributed by atoms with Crippen LogP contribution >= 0.6 is 23.5 Å². The first-order valence-corrected chi connectivity index (χ1v) is 16.0. The minimum atomic E-state index is -0.596. The normalized spacial score (nSPS) is 12.7. The molecule has 0 radical (unpaired) electrons. The fourth-order valence-electron chi connectivity index (χ4n) is 3.95. The number of nitro groups is 2. The second-order valence-electron chi connectivity index (χ2n) is 10.0. The van der Waals surface area contributed by atoms with Gasteiger partial charge in [-0.3, -0.25) is 20.2 Å². The van der Waals surface area contributed by atoms with E-state index in [0.29, 0.717) is 36.1 Å². The lowest BCUT2D eigenvalue weighted by Crippen LogP contribution is -2.32. The summed E-state index contributed by atoms with van der Waals surface area (Å²) in [5.41, 5.74) is -0.650. The Hall–Kier alpha value is -3.34. The van der Waals surface area contributed by atoms with Crippen LogP contribution in [0.25, 0.3) is 0 Å². The van der Waals surface area contributed by atoms with Crippen LogP contribution in [0.1, 0.15) is 29.5 Å². The molecule has 2 heterocycles. The van der Waals surface area contributed by atoms with Crippen LogP contribution in [0.2, 0.25) is 0 Å². The van der Waals surface area contributed by atoms with Gasteiger partial charge in [0.05, 0.1) is 34.4 Å². The van der Waals surface area contributed by atoms with Gasteiger partial charge in [0.15, 0.2) is 11.6 Å². The Morgan fingerprint density at radius 1 is 0.721 bits per heavy atom. The predicted molar refractivity (Wildman–Crippen MR) is 171 cm³/mol. The highest BCUT2D eigenvalue weighted by Gasteiger charge is 2.29. The minimum absolute atomic E-state index is 0.134. The van der Waals surface area contributed by atoms with Gasteiger partial charge in [-0.25, -0.2) is 0 Å². The van der Waals surface area contributed by atoms with Crippen LogP contribution in [0.15, 0.2) is 56.1 Å². The summed E-state index contributed by atoms with van der Waals surface area (Å²) < 4.78 is 11.6. The van der Waals surface area contributed by atoms with Crippen LogP contribution in [0.3, 0.4) is 0 Å². The van der Waals surface area contributed by atoms with Gasteiger partial charge < -0.3 is 39.9 Å². The standard InChI is InChI=1S/C27H44N8O6S2/c1-28-26(30-11-13-42-18-22-9-7-20(40-22)16-32(3)4)24(34(36)37)15-25(35(38)39)27(29-2)31-12-14-43-19-23-10-8-21(41-23)17-33(5)6/h7-10,28-31H,11-19H2,1-6H3/b26-24+,27-25+. The molecule has 0 amide bonds. The zero-order valence-corrected chi connectivity index (χ0v) is 27.4. The first-order valence-electron chi connectivity index (χ1n) is 13.7. The van der Waals surface area contributed by atoms with Crippen molar-refractivity contribution in [2.24, 2.45) is 0 Å². The smallest absolute Gasteiger partial charge is 0.296 e. The van der Waals surface area contributed by atoms with Crippen LogP contribution in [0.5, 0.6) is 0 Å². The maximum atomic E-state index is 12.0. The van der Waals surface area contributed by atoms with E-state index >= 15 is 0 Å². The summed E-state index contributed by atoms with van der Waals surface area (Å²) in [6, 6.07) is 7.80. The third-order valence-electron chi connectivity index (χ3n) is 5.82. The Balaban J connectivity index is 1.93. The summed E-state index contributed by atoms with van der Waals surface area (Å²) in [5, 5.41) is 35.6. The summed E-state index contributed by atoms with van der Waals surface area (Å²) in [7, 11) is 11.0. The molecule has 0 unspecified atom stereocenters. The van der Waals surface area contributed by atoms with Crippen molar-refractivity contribution in [1.29, 1.82) is 0 Å². The molecule has 2 aromatic heterocycles. The lowest BCUT2D eigenvalue weighted by Gasteiger charge is -2.13. The molecule has 2 aromatic rings. The van der Waals surface area contributed by atoms with Crippen molar-refractivity contribution < 1.29 is 18.7 Å². The average molecular weight is 641 g/mol.